The number of hydrogen-bond acceptors (Lipinski definition) is 8. The minimum atomic E-state index is -4.13. The second-order valence-electron chi connectivity index (χ2n) is 7.97. The summed E-state index contributed by atoms with van der Waals surface area (Å²) in [7, 11) is -2.22. The Balaban J connectivity index is 0.00000342. The van der Waals surface area contributed by atoms with Gasteiger partial charge in [0.05, 0.1) is 21.4 Å². The van der Waals surface area contributed by atoms with Crippen LogP contribution in [0.1, 0.15) is 6.42 Å². The molecule has 9 nitrogen and oxygen atoms in total. The number of rotatable bonds is 6. The molecular formula is C22H23Cl3N4O5S. The van der Waals surface area contributed by atoms with Crippen LogP contribution in [0.5, 0.6) is 5.75 Å². The molecule has 4 rings (SSSR count). The molecule has 3 aromatic rings. The number of anilines is 4. The summed E-state index contributed by atoms with van der Waals surface area (Å²) in [5.41, 5.74) is -1.42. The molecule has 0 amide bonds. The van der Waals surface area contributed by atoms with Crippen molar-refractivity contribution in [3.63, 3.8) is 0 Å². The highest BCUT2D eigenvalue weighted by molar-refractivity contribution is 7.89. The third kappa shape index (κ3) is 5.28. The summed E-state index contributed by atoms with van der Waals surface area (Å²) in [6.07, 6.45) is 0.632. The topological polar surface area (TPSA) is 119 Å². The van der Waals surface area contributed by atoms with E-state index in [1.807, 2.05) is 11.9 Å². The summed E-state index contributed by atoms with van der Waals surface area (Å²) >= 11 is 12.3. The van der Waals surface area contributed by atoms with Crippen molar-refractivity contribution in [1.29, 1.82) is 0 Å². The average molecular weight is 562 g/mol. The van der Waals surface area contributed by atoms with Gasteiger partial charge in [-0.2, -0.15) is 4.31 Å². The molecule has 0 aliphatic carbocycles. The van der Waals surface area contributed by atoms with Crippen LogP contribution in [0.15, 0.2) is 50.9 Å². The number of benzene rings is 2. The third-order valence-electron chi connectivity index (χ3n) is 5.66. The van der Waals surface area contributed by atoms with Crippen LogP contribution in [0.25, 0.3) is 0 Å². The van der Waals surface area contributed by atoms with Crippen molar-refractivity contribution in [2.75, 3.05) is 43.9 Å². The zero-order chi connectivity index (χ0) is 24.6. The first-order valence-electron chi connectivity index (χ1n) is 10.4. The van der Waals surface area contributed by atoms with Gasteiger partial charge in [-0.15, -0.1) is 12.4 Å². The van der Waals surface area contributed by atoms with Gasteiger partial charge in [-0.1, -0.05) is 35.3 Å². The Morgan fingerprint density at radius 1 is 0.857 bits per heavy atom. The van der Waals surface area contributed by atoms with Crippen LogP contribution in [0, 0.1) is 0 Å². The maximum atomic E-state index is 13.3. The number of likely N-dealkylation sites (N-methyl/N-ethyl adjacent to an activating group) is 1. The van der Waals surface area contributed by atoms with Gasteiger partial charge >= 0.3 is 0 Å². The van der Waals surface area contributed by atoms with Crippen LogP contribution in [0.3, 0.4) is 0 Å². The van der Waals surface area contributed by atoms with Crippen molar-refractivity contribution in [2.24, 2.45) is 0 Å². The molecule has 0 saturated carbocycles. The SMILES string of the molecule is CN1CCCN(S(=O)(=O)c2c(Cl)ccc(Nc3c(Nc4ccccc4Cl)c(=O)c3=O)c2O)CC1.Cl. The lowest BCUT2D eigenvalue weighted by Gasteiger charge is -2.23. The number of phenols is 1. The second-order valence-corrected chi connectivity index (χ2v) is 10.7. The van der Waals surface area contributed by atoms with Crippen LogP contribution >= 0.6 is 35.6 Å². The highest BCUT2D eigenvalue weighted by Gasteiger charge is 2.33. The van der Waals surface area contributed by atoms with E-state index < -0.39 is 31.5 Å². The Labute approximate surface area is 218 Å². The summed E-state index contributed by atoms with van der Waals surface area (Å²) in [5.74, 6) is -0.637. The van der Waals surface area contributed by atoms with Crippen molar-refractivity contribution >= 4 is 68.4 Å². The quantitative estimate of drug-likeness (QED) is 0.309. The summed E-state index contributed by atoms with van der Waals surface area (Å²) in [6, 6.07) is 9.31. The molecule has 0 aromatic heterocycles. The Morgan fingerprint density at radius 3 is 2.14 bits per heavy atom. The van der Waals surface area contributed by atoms with Crippen molar-refractivity contribution in [3.05, 3.63) is 66.9 Å². The second kappa shape index (κ2) is 10.7. The number of hydrogen-bond donors (Lipinski definition) is 3. The zero-order valence-corrected chi connectivity index (χ0v) is 21.7. The van der Waals surface area contributed by atoms with Crippen LogP contribution in [0.2, 0.25) is 10.0 Å². The van der Waals surface area contributed by atoms with Gasteiger partial charge in [0.2, 0.25) is 10.0 Å². The van der Waals surface area contributed by atoms with E-state index in [2.05, 4.69) is 10.6 Å². The van der Waals surface area contributed by atoms with E-state index in [-0.39, 0.29) is 47.6 Å². The molecule has 1 heterocycles. The van der Waals surface area contributed by atoms with E-state index in [9.17, 15) is 23.1 Å². The number of para-hydroxylation sites is 1. The maximum absolute atomic E-state index is 13.3. The first-order valence-corrected chi connectivity index (χ1v) is 12.6. The first kappa shape index (κ1) is 27.3. The smallest absolute Gasteiger partial charge is 0.253 e. The molecule has 13 heteroatoms. The number of nitrogens with one attached hydrogen (secondary N) is 2. The van der Waals surface area contributed by atoms with Gasteiger partial charge in [-0.05, 0) is 44.3 Å². The zero-order valence-electron chi connectivity index (χ0n) is 18.5. The molecule has 35 heavy (non-hydrogen) atoms. The van der Waals surface area contributed by atoms with E-state index in [1.54, 1.807) is 24.3 Å². The van der Waals surface area contributed by atoms with Crippen LogP contribution in [-0.2, 0) is 10.0 Å². The van der Waals surface area contributed by atoms with Gasteiger partial charge in [0, 0.05) is 19.6 Å². The molecule has 1 fully saturated rings. The van der Waals surface area contributed by atoms with Gasteiger partial charge in [-0.3, -0.25) is 9.59 Å². The molecule has 188 valence electrons. The number of nitrogens with zero attached hydrogens (tertiary/aromatic N) is 2. The Morgan fingerprint density at radius 2 is 1.49 bits per heavy atom. The molecule has 3 N–H and O–H groups in total. The standard InChI is InChI=1S/C22H22Cl2N4O5S.ClH/c1-27-9-4-10-28(12-11-27)34(32,33)22-14(24)7-8-16(19(22)29)26-18-17(20(30)21(18)31)25-15-6-3-2-5-13(15)23;/h2-3,5-8,25-26,29H,4,9-12H2,1H3;1H. The van der Waals surface area contributed by atoms with Gasteiger partial charge in [-0.25, -0.2) is 8.42 Å². The highest BCUT2D eigenvalue weighted by atomic mass is 35.5. The lowest BCUT2D eigenvalue weighted by Crippen LogP contribution is -2.36. The highest BCUT2D eigenvalue weighted by Crippen LogP contribution is 2.40. The number of aromatic hydroxyl groups is 1. The fraction of sp³-hybridized carbons (Fsp3) is 0.273. The lowest BCUT2D eigenvalue weighted by atomic mass is 10.1. The fourth-order valence-electron chi connectivity index (χ4n) is 3.75. The minimum absolute atomic E-state index is 0. The third-order valence-corrected chi connectivity index (χ3v) is 8.39. The largest absolute Gasteiger partial charge is 0.504 e. The molecular weight excluding hydrogens is 539 g/mol. The van der Waals surface area contributed by atoms with Crippen LogP contribution < -0.4 is 21.5 Å². The van der Waals surface area contributed by atoms with Crippen LogP contribution in [-0.4, -0.2) is 56.0 Å². The molecule has 0 radical (unpaired) electrons. The molecule has 0 atom stereocenters. The summed E-state index contributed by atoms with van der Waals surface area (Å²) in [4.78, 5) is 26.0. The summed E-state index contributed by atoms with van der Waals surface area (Å²) < 4.78 is 28.0. The normalized spacial score (nSPS) is 15.4. The Hall–Kier alpha value is -2.34. The number of halogens is 3. The van der Waals surface area contributed by atoms with E-state index >= 15 is 0 Å². The monoisotopic (exact) mass is 560 g/mol. The van der Waals surface area contributed by atoms with E-state index in [0.717, 1.165) is 6.54 Å². The number of sulfonamides is 1. The van der Waals surface area contributed by atoms with E-state index in [4.69, 9.17) is 23.2 Å². The first-order chi connectivity index (χ1) is 16.1. The van der Waals surface area contributed by atoms with Crippen molar-refractivity contribution in [3.8, 4) is 5.75 Å². The number of phenolic OH excluding ortho intramolecular Hbond substituents is 1. The minimum Gasteiger partial charge on any atom is -0.504 e. The molecule has 1 saturated heterocycles. The van der Waals surface area contributed by atoms with Crippen molar-refractivity contribution in [1.82, 2.24) is 9.21 Å². The van der Waals surface area contributed by atoms with Gasteiger partial charge in [0.1, 0.15) is 16.3 Å². The Bertz CT molecular complexity index is 1420. The molecule has 0 unspecified atom stereocenters. The fourth-order valence-corrected chi connectivity index (χ4v) is 5.99. The van der Waals surface area contributed by atoms with Gasteiger partial charge in [0.15, 0.2) is 5.75 Å². The van der Waals surface area contributed by atoms with E-state index in [1.165, 1.54) is 16.4 Å². The summed E-state index contributed by atoms with van der Waals surface area (Å²) in [5, 5.41) is 16.6. The predicted molar refractivity (Wildman–Crippen MR) is 141 cm³/mol. The van der Waals surface area contributed by atoms with Crippen molar-refractivity contribution < 1.29 is 13.5 Å². The van der Waals surface area contributed by atoms with Gasteiger partial charge in [0.25, 0.3) is 10.9 Å². The van der Waals surface area contributed by atoms with Crippen molar-refractivity contribution in [2.45, 2.75) is 11.3 Å². The Kier molecular flexibility index (Phi) is 8.36. The molecule has 3 aromatic carbocycles. The summed E-state index contributed by atoms with van der Waals surface area (Å²) in [6.45, 7) is 1.81. The molecule has 0 spiro atoms. The molecule has 1 aliphatic rings. The van der Waals surface area contributed by atoms with Gasteiger partial charge < -0.3 is 20.6 Å². The van der Waals surface area contributed by atoms with Crippen LogP contribution in [0.4, 0.5) is 22.7 Å². The maximum Gasteiger partial charge on any atom is 0.253 e. The molecule has 1 aliphatic heterocycles. The lowest BCUT2D eigenvalue weighted by molar-refractivity contribution is 0.346. The predicted octanol–water partition coefficient (Wildman–Crippen LogP) is 3.53. The van der Waals surface area contributed by atoms with E-state index in [0.29, 0.717) is 23.7 Å². The molecule has 0 bridgehead atoms. The average Bonchev–Trinajstić information content (AvgIpc) is 3.03.